The molecule has 0 spiro atoms. The molecule has 152 valence electrons. The van der Waals surface area contributed by atoms with Gasteiger partial charge >= 0.3 is 11.9 Å². The van der Waals surface area contributed by atoms with Crippen molar-refractivity contribution in [3.63, 3.8) is 0 Å². The summed E-state index contributed by atoms with van der Waals surface area (Å²) in [5.41, 5.74) is -0.716. The van der Waals surface area contributed by atoms with Crippen LogP contribution in [0.3, 0.4) is 0 Å². The van der Waals surface area contributed by atoms with Crippen LogP contribution in [-0.4, -0.2) is 38.5 Å². The third-order valence-corrected chi connectivity index (χ3v) is 5.02. The van der Waals surface area contributed by atoms with Crippen molar-refractivity contribution in [3.05, 3.63) is 29.3 Å². The fourth-order valence-corrected chi connectivity index (χ4v) is 3.97. The van der Waals surface area contributed by atoms with Gasteiger partial charge in [0.05, 0.1) is 17.1 Å². The van der Waals surface area contributed by atoms with Crippen LogP contribution < -0.4 is 4.72 Å². The predicted octanol–water partition coefficient (Wildman–Crippen LogP) is 2.05. The van der Waals surface area contributed by atoms with Gasteiger partial charge in [0.1, 0.15) is 6.07 Å². The maximum Gasteiger partial charge on any atom is 0.369 e. The van der Waals surface area contributed by atoms with Gasteiger partial charge in [0.2, 0.25) is 10.0 Å². The van der Waals surface area contributed by atoms with Crippen LogP contribution in [0.1, 0.15) is 43.6 Å². The first-order chi connectivity index (χ1) is 12.9. The summed E-state index contributed by atoms with van der Waals surface area (Å²) in [6, 6.07) is 4.21. The first-order valence-electron chi connectivity index (χ1n) is 8.24. The van der Waals surface area contributed by atoms with E-state index >= 15 is 0 Å². The standard InChI is InChI=1S/C17H22N4O6S/c1-6-26-16(23)13(10-18)19-21-27-15(22)12-9-7-8-11(2)14(12)28(24,25)20-17(3,4)5/h7-9,13,20H,6H2,1-5H3. The summed E-state index contributed by atoms with van der Waals surface area (Å²) >= 11 is 0. The lowest BCUT2D eigenvalue weighted by atomic mass is 10.1. The summed E-state index contributed by atoms with van der Waals surface area (Å²) < 4.78 is 32.5. The van der Waals surface area contributed by atoms with E-state index in [0.717, 1.165) is 0 Å². The molecule has 0 heterocycles. The van der Waals surface area contributed by atoms with Gasteiger partial charge in [-0.05, 0) is 46.2 Å². The van der Waals surface area contributed by atoms with Gasteiger partial charge in [0, 0.05) is 10.8 Å². The zero-order valence-electron chi connectivity index (χ0n) is 16.2. The second-order valence-corrected chi connectivity index (χ2v) is 8.29. The minimum absolute atomic E-state index is 0.0393. The monoisotopic (exact) mass is 410 g/mol. The van der Waals surface area contributed by atoms with Crippen molar-refractivity contribution < 1.29 is 27.6 Å². The summed E-state index contributed by atoms with van der Waals surface area (Å²) in [5, 5.41) is 15.2. The summed E-state index contributed by atoms with van der Waals surface area (Å²) in [6.07, 6.45) is 0. The molecule has 0 saturated heterocycles. The van der Waals surface area contributed by atoms with E-state index < -0.39 is 33.5 Å². The number of rotatable bonds is 7. The number of carbonyl (C=O) groups excluding carboxylic acids is 2. The summed E-state index contributed by atoms with van der Waals surface area (Å²) in [6.45, 7) is 8.10. The maximum absolute atomic E-state index is 12.7. The van der Waals surface area contributed by atoms with E-state index in [9.17, 15) is 18.0 Å². The number of esters is 1. The number of carbonyl (C=O) groups is 2. The first kappa shape index (κ1) is 23.2. The molecule has 0 saturated carbocycles. The minimum atomic E-state index is -4.04. The molecule has 0 aliphatic carbocycles. The molecule has 0 radical (unpaired) electrons. The van der Waals surface area contributed by atoms with Crippen LogP contribution in [0.5, 0.6) is 0 Å². The average Bonchev–Trinajstić information content (AvgIpc) is 2.56. The largest absolute Gasteiger partial charge is 0.464 e. The number of benzene rings is 1. The van der Waals surface area contributed by atoms with Crippen molar-refractivity contribution in [2.75, 3.05) is 6.61 Å². The predicted molar refractivity (Wildman–Crippen MR) is 97.6 cm³/mol. The molecule has 1 atom stereocenters. The van der Waals surface area contributed by atoms with Crippen molar-refractivity contribution in [2.24, 2.45) is 10.4 Å². The Morgan fingerprint density at radius 3 is 2.50 bits per heavy atom. The van der Waals surface area contributed by atoms with Crippen LogP contribution in [0.4, 0.5) is 0 Å². The van der Waals surface area contributed by atoms with Gasteiger partial charge < -0.3 is 4.74 Å². The van der Waals surface area contributed by atoms with Gasteiger partial charge in [-0.2, -0.15) is 5.26 Å². The highest BCUT2D eigenvalue weighted by atomic mass is 32.2. The highest BCUT2D eigenvalue weighted by Crippen LogP contribution is 2.23. The van der Waals surface area contributed by atoms with Gasteiger partial charge in [-0.3, -0.25) is 4.84 Å². The number of aryl methyl sites for hydroxylation is 1. The van der Waals surface area contributed by atoms with Crippen LogP contribution in [0, 0.1) is 18.3 Å². The summed E-state index contributed by atoms with van der Waals surface area (Å²) in [7, 11) is -4.04. The van der Waals surface area contributed by atoms with Crippen LogP contribution in [0.15, 0.2) is 33.5 Å². The second kappa shape index (κ2) is 9.38. The molecule has 11 heteroatoms. The van der Waals surface area contributed by atoms with Gasteiger partial charge in [-0.15, -0.1) is 5.11 Å². The van der Waals surface area contributed by atoms with Gasteiger partial charge in [-0.25, -0.2) is 22.7 Å². The molecule has 1 aromatic rings. The first-order valence-corrected chi connectivity index (χ1v) is 9.72. The lowest BCUT2D eigenvalue weighted by molar-refractivity contribution is -0.143. The molecule has 0 amide bonds. The molecule has 0 aliphatic rings. The molecule has 0 aliphatic heterocycles. The highest BCUT2D eigenvalue weighted by molar-refractivity contribution is 7.89. The second-order valence-electron chi connectivity index (χ2n) is 6.67. The lowest BCUT2D eigenvalue weighted by Crippen LogP contribution is -2.41. The quantitative estimate of drug-likeness (QED) is 0.411. The normalized spacial score (nSPS) is 13.0. The molecule has 1 rings (SSSR count). The third kappa shape index (κ3) is 6.40. The molecule has 0 fully saturated rings. The Morgan fingerprint density at radius 2 is 1.96 bits per heavy atom. The molecular formula is C17H22N4O6S. The zero-order chi connectivity index (χ0) is 21.5. The molecule has 28 heavy (non-hydrogen) atoms. The Balaban J connectivity index is 3.14. The van der Waals surface area contributed by atoms with E-state index in [1.54, 1.807) is 27.7 Å². The average molecular weight is 410 g/mol. The van der Waals surface area contributed by atoms with E-state index in [0.29, 0.717) is 5.56 Å². The highest BCUT2D eigenvalue weighted by Gasteiger charge is 2.29. The van der Waals surface area contributed by atoms with E-state index in [4.69, 9.17) is 5.26 Å². The van der Waals surface area contributed by atoms with Crippen LogP contribution in [0.25, 0.3) is 0 Å². The molecule has 1 aromatic carbocycles. The fourth-order valence-electron chi connectivity index (χ4n) is 2.13. The van der Waals surface area contributed by atoms with E-state index in [-0.39, 0.29) is 17.1 Å². The summed E-state index contributed by atoms with van der Waals surface area (Å²) in [4.78, 5) is 28.1. The Bertz CT molecular complexity index is 913. The Labute approximate surface area is 163 Å². The smallest absolute Gasteiger partial charge is 0.369 e. The van der Waals surface area contributed by atoms with Crippen molar-refractivity contribution in [2.45, 2.75) is 51.1 Å². The van der Waals surface area contributed by atoms with Crippen LogP contribution >= 0.6 is 0 Å². The van der Waals surface area contributed by atoms with Gasteiger partial charge in [0.15, 0.2) is 0 Å². The van der Waals surface area contributed by atoms with Crippen molar-refractivity contribution in [1.82, 2.24) is 4.72 Å². The SMILES string of the molecule is CCOC(=O)C(C#N)N=NOC(=O)c1cccc(C)c1S(=O)(=O)NC(C)(C)C. The van der Waals surface area contributed by atoms with Crippen molar-refractivity contribution >= 4 is 22.0 Å². The Morgan fingerprint density at radius 1 is 1.32 bits per heavy atom. The molecule has 0 aromatic heterocycles. The summed E-state index contributed by atoms with van der Waals surface area (Å²) in [5.74, 6) is -2.06. The zero-order valence-corrected chi connectivity index (χ0v) is 17.0. The van der Waals surface area contributed by atoms with Crippen molar-refractivity contribution in [3.8, 4) is 6.07 Å². The Hall–Kier alpha value is -2.84. The number of hydrogen-bond donors (Lipinski definition) is 1. The van der Waals surface area contributed by atoms with Gasteiger partial charge in [-0.1, -0.05) is 12.1 Å². The van der Waals surface area contributed by atoms with Crippen LogP contribution in [-0.2, 0) is 24.4 Å². The maximum atomic E-state index is 12.7. The van der Waals surface area contributed by atoms with E-state index in [2.05, 4.69) is 24.7 Å². The molecule has 0 bridgehead atoms. The number of nitrogens with one attached hydrogen (secondary N) is 1. The molecule has 1 N–H and O–H groups in total. The van der Waals surface area contributed by atoms with E-state index in [1.807, 2.05) is 0 Å². The van der Waals surface area contributed by atoms with Crippen molar-refractivity contribution in [1.29, 1.82) is 5.26 Å². The number of ether oxygens (including phenoxy) is 1. The number of hydrogen-bond acceptors (Lipinski definition) is 9. The Kier molecular flexibility index (Phi) is 7.78. The van der Waals surface area contributed by atoms with Gasteiger partial charge in [0.25, 0.3) is 6.04 Å². The third-order valence-electron chi connectivity index (χ3n) is 3.06. The van der Waals surface area contributed by atoms with E-state index in [1.165, 1.54) is 31.2 Å². The molecule has 1 unspecified atom stereocenters. The lowest BCUT2D eigenvalue weighted by Gasteiger charge is -2.22. The number of sulfonamides is 1. The fraction of sp³-hybridized carbons (Fsp3) is 0.471. The topological polar surface area (TPSA) is 147 Å². The minimum Gasteiger partial charge on any atom is -0.464 e. The molecule has 10 nitrogen and oxygen atoms in total. The molecular weight excluding hydrogens is 388 g/mol. The van der Waals surface area contributed by atoms with Crippen LogP contribution in [0.2, 0.25) is 0 Å². The number of nitrogens with zero attached hydrogens (tertiary/aromatic N) is 3. The number of nitriles is 1.